The Hall–Kier alpha value is -4.45. The van der Waals surface area contributed by atoms with Crippen LogP contribution in [0.3, 0.4) is 0 Å². The van der Waals surface area contributed by atoms with E-state index in [1.807, 2.05) is 0 Å². The summed E-state index contributed by atoms with van der Waals surface area (Å²) in [7, 11) is 1.43. The van der Waals surface area contributed by atoms with E-state index < -0.39 is 29.3 Å². The molecule has 3 aromatic heterocycles. The Labute approximate surface area is 217 Å². The number of nitrogens with zero attached hydrogens (tertiary/aromatic N) is 5. The Balaban J connectivity index is 1.47. The van der Waals surface area contributed by atoms with E-state index in [1.165, 1.54) is 36.1 Å². The van der Waals surface area contributed by atoms with Gasteiger partial charge in [-0.25, -0.2) is 13.9 Å². The van der Waals surface area contributed by atoms with Crippen molar-refractivity contribution in [3.63, 3.8) is 0 Å². The number of ether oxygens (including phenoxy) is 1. The maximum atomic E-state index is 14.0. The first-order valence-electron chi connectivity index (χ1n) is 11.0. The quantitative estimate of drug-likeness (QED) is 0.277. The molecule has 8 nitrogen and oxygen atoms in total. The lowest BCUT2D eigenvalue weighted by Crippen LogP contribution is -2.16. The van der Waals surface area contributed by atoms with Gasteiger partial charge in [0.15, 0.2) is 22.9 Å². The summed E-state index contributed by atoms with van der Waals surface area (Å²) in [4.78, 5) is 17.2. The predicted octanol–water partition coefficient (Wildman–Crippen LogP) is 5.71. The molecule has 0 spiro atoms. The molecule has 0 aliphatic rings. The van der Waals surface area contributed by atoms with Gasteiger partial charge in [-0.15, -0.1) is 0 Å². The van der Waals surface area contributed by atoms with E-state index in [4.69, 9.17) is 16.3 Å². The highest BCUT2D eigenvalue weighted by molar-refractivity contribution is 6.37. The van der Waals surface area contributed by atoms with E-state index in [0.717, 1.165) is 6.07 Å². The second-order valence-corrected chi connectivity index (χ2v) is 8.51. The van der Waals surface area contributed by atoms with Crippen LogP contribution >= 0.6 is 11.6 Å². The molecule has 0 unspecified atom stereocenters. The summed E-state index contributed by atoms with van der Waals surface area (Å²) in [5, 5.41) is 10.1. The van der Waals surface area contributed by atoms with Crippen molar-refractivity contribution in [2.75, 3.05) is 12.4 Å². The number of nitrogens with one attached hydrogen (secondary N) is 1. The number of amides is 1. The number of aromatic nitrogens is 5. The molecule has 0 atom stereocenters. The molecule has 0 aliphatic carbocycles. The van der Waals surface area contributed by atoms with Gasteiger partial charge in [-0.2, -0.15) is 23.4 Å². The highest BCUT2D eigenvalue weighted by atomic mass is 35.5. The first-order valence-corrected chi connectivity index (χ1v) is 11.4. The van der Waals surface area contributed by atoms with Crippen LogP contribution in [0.25, 0.3) is 16.9 Å². The Morgan fingerprint density at radius 2 is 1.87 bits per heavy atom. The van der Waals surface area contributed by atoms with Crippen LogP contribution in [-0.2, 0) is 12.7 Å². The summed E-state index contributed by atoms with van der Waals surface area (Å²) in [6.45, 7) is 0.231. The third-order valence-corrected chi connectivity index (χ3v) is 5.87. The minimum atomic E-state index is -4.83. The summed E-state index contributed by atoms with van der Waals surface area (Å²) in [6.07, 6.45) is -3.27. The molecule has 1 amide bonds. The smallest absolute Gasteiger partial charge is 0.433 e. The molecule has 3 heterocycles. The maximum absolute atomic E-state index is 14.0. The van der Waals surface area contributed by atoms with Crippen LogP contribution in [0.4, 0.5) is 23.4 Å². The van der Waals surface area contributed by atoms with Gasteiger partial charge in [0.25, 0.3) is 5.91 Å². The SMILES string of the molecule is COc1cccc(-c2cc(C(F)(F)F)n3nc(C(=O)Nc4ccn(Cc5cccc(F)c5)n4)c(Cl)c3n2)c1. The summed E-state index contributed by atoms with van der Waals surface area (Å²) in [5.41, 5.74) is -1.01. The third-order valence-electron chi connectivity index (χ3n) is 5.52. The Bertz CT molecular complexity index is 1660. The number of anilines is 1. The Morgan fingerprint density at radius 3 is 2.61 bits per heavy atom. The van der Waals surface area contributed by atoms with Crippen LogP contribution in [0.1, 0.15) is 21.7 Å². The zero-order valence-corrected chi connectivity index (χ0v) is 20.3. The fourth-order valence-corrected chi connectivity index (χ4v) is 4.03. The van der Waals surface area contributed by atoms with E-state index in [-0.39, 0.29) is 28.7 Å². The van der Waals surface area contributed by atoms with Gasteiger partial charge in [-0.3, -0.25) is 9.48 Å². The van der Waals surface area contributed by atoms with Crippen LogP contribution in [0.2, 0.25) is 5.02 Å². The fourth-order valence-electron chi connectivity index (χ4n) is 3.78. The standard InChI is InChI=1S/C25H17ClF4N6O2/c1-38-17-7-3-5-15(11-17)18-12-19(25(28,29)30)36-23(31-18)21(26)22(34-36)24(37)32-20-8-9-35(33-20)13-14-4-2-6-16(27)10-14/h2-12H,13H2,1H3,(H,32,33,37). The summed E-state index contributed by atoms with van der Waals surface area (Å²) >= 11 is 6.33. The van der Waals surface area contributed by atoms with Crippen LogP contribution in [0.15, 0.2) is 66.9 Å². The molecule has 0 aliphatic heterocycles. The number of carbonyl (C=O) groups excluding carboxylic acids is 1. The first-order chi connectivity index (χ1) is 18.1. The molecular formula is C25H17ClF4N6O2. The Kier molecular flexibility index (Phi) is 6.49. The minimum Gasteiger partial charge on any atom is -0.497 e. The normalized spacial score (nSPS) is 11.6. The van der Waals surface area contributed by atoms with Gasteiger partial charge in [0.05, 0.1) is 19.3 Å². The second kappa shape index (κ2) is 9.78. The average molecular weight is 545 g/mol. The van der Waals surface area contributed by atoms with Gasteiger partial charge in [0, 0.05) is 17.8 Å². The monoisotopic (exact) mass is 544 g/mol. The van der Waals surface area contributed by atoms with Crippen molar-refractivity contribution in [1.82, 2.24) is 24.4 Å². The molecule has 0 radical (unpaired) electrons. The van der Waals surface area contributed by atoms with Crippen molar-refractivity contribution < 1.29 is 27.1 Å². The first kappa shape index (κ1) is 25.2. The van der Waals surface area contributed by atoms with E-state index in [1.54, 1.807) is 36.5 Å². The highest BCUT2D eigenvalue weighted by Gasteiger charge is 2.37. The molecule has 13 heteroatoms. The number of halogens is 5. The van der Waals surface area contributed by atoms with Crippen molar-refractivity contribution in [3.05, 3.63) is 94.7 Å². The fraction of sp³-hybridized carbons (Fsp3) is 0.120. The van der Waals surface area contributed by atoms with Gasteiger partial charge in [0.1, 0.15) is 16.6 Å². The number of carbonyl (C=O) groups is 1. The van der Waals surface area contributed by atoms with Gasteiger partial charge in [-0.1, -0.05) is 35.9 Å². The van der Waals surface area contributed by atoms with Gasteiger partial charge < -0.3 is 10.1 Å². The number of hydrogen-bond donors (Lipinski definition) is 1. The molecule has 0 fully saturated rings. The van der Waals surface area contributed by atoms with Crippen LogP contribution in [0, 0.1) is 5.82 Å². The lowest BCUT2D eigenvalue weighted by Gasteiger charge is -2.11. The zero-order chi connectivity index (χ0) is 27.0. The number of fused-ring (bicyclic) bond motifs is 1. The summed E-state index contributed by atoms with van der Waals surface area (Å²) < 4.78 is 62.4. The topological polar surface area (TPSA) is 86.3 Å². The van der Waals surface area contributed by atoms with Gasteiger partial charge in [-0.05, 0) is 35.9 Å². The van der Waals surface area contributed by atoms with Gasteiger partial charge in [0.2, 0.25) is 0 Å². The van der Waals surface area contributed by atoms with Crippen molar-refractivity contribution >= 4 is 29.0 Å². The van der Waals surface area contributed by atoms with Crippen LogP contribution in [0.5, 0.6) is 5.75 Å². The second-order valence-electron chi connectivity index (χ2n) is 8.14. The minimum absolute atomic E-state index is 0.0337. The van der Waals surface area contributed by atoms with E-state index >= 15 is 0 Å². The molecule has 5 aromatic rings. The lowest BCUT2D eigenvalue weighted by molar-refractivity contribution is -0.142. The largest absolute Gasteiger partial charge is 0.497 e. The number of methoxy groups -OCH3 is 1. The average Bonchev–Trinajstić information content (AvgIpc) is 3.46. The molecule has 2 aromatic carbocycles. The van der Waals surface area contributed by atoms with Crippen molar-refractivity contribution in [3.8, 4) is 17.0 Å². The number of hydrogen-bond acceptors (Lipinski definition) is 5. The zero-order valence-electron chi connectivity index (χ0n) is 19.5. The molecule has 1 N–H and O–H groups in total. The van der Waals surface area contributed by atoms with Gasteiger partial charge >= 0.3 is 6.18 Å². The molecule has 0 saturated carbocycles. The third kappa shape index (κ3) is 5.02. The van der Waals surface area contributed by atoms with E-state index in [9.17, 15) is 22.4 Å². The molecule has 38 heavy (non-hydrogen) atoms. The summed E-state index contributed by atoms with van der Waals surface area (Å²) in [6, 6.07) is 14.6. The molecule has 0 bridgehead atoms. The Morgan fingerprint density at radius 1 is 1.08 bits per heavy atom. The molecule has 0 saturated heterocycles. The number of rotatable bonds is 6. The molecule has 194 valence electrons. The van der Waals surface area contributed by atoms with Crippen molar-refractivity contribution in [2.45, 2.75) is 12.7 Å². The van der Waals surface area contributed by atoms with Crippen molar-refractivity contribution in [2.24, 2.45) is 0 Å². The van der Waals surface area contributed by atoms with E-state index in [0.29, 0.717) is 21.4 Å². The highest BCUT2D eigenvalue weighted by Crippen LogP contribution is 2.35. The lowest BCUT2D eigenvalue weighted by atomic mass is 10.1. The maximum Gasteiger partial charge on any atom is 0.433 e. The van der Waals surface area contributed by atoms with Crippen LogP contribution < -0.4 is 10.1 Å². The van der Waals surface area contributed by atoms with Crippen molar-refractivity contribution in [1.29, 1.82) is 0 Å². The number of alkyl halides is 3. The summed E-state index contributed by atoms with van der Waals surface area (Å²) in [5.74, 6) is -0.756. The molecular weight excluding hydrogens is 528 g/mol. The predicted molar refractivity (Wildman–Crippen MR) is 131 cm³/mol. The number of benzene rings is 2. The van der Waals surface area contributed by atoms with Crippen LogP contribution in [-0.4, -0.2) is 37.4 Å². The van der Waals surface area contributed by atoms with E-state index in [2.05, 4.69) is 20.5 Å². The molecule has 5 rings (SSSR count).